The molecule has 0 bridgehead atoms. The molecule has 0 aromatic heterocycles. The molecule has 2 N–H and O–H groups in total. The zero-order valence-electron chi connectivity index (χ0n) is 10.5. The minimum atomic E-state index is -4.39. The monoisotopic (exact) mass is 286 g/mol. The molecule has 1 fully saturated rings. The van der Waals surface area contributed by atoms with Crippen molar-refractivity contribution in [3.8, 4) is 0 Å². The number of benzene rings is 1. The molecule has 0 radical (unpaired) electrons. The second-order valence-electron chi connectivity index (χ2n) is 4.72. The van der Waals surface area contributed by atoms with Crippen LogP contribution in [0, 0.1) is 0 Å². The number of nitrogens with zero attached hydrogens (tertiary/aromatic N) is 1. The first-order chi connectivity index (χ1) is 9.29. The van der Waals surface area contributed by atoms with Crippen molar-refractivity contribution in [3.63, 3.8) is 0 Å². The van der Waals surface area contributed by atoms with Crippen molar-refractivity contribution in [3.05, 3.63) is 35.4 Å². The summed E-state index contributed by atoms with van der Waals surface area (Å²) in [4.78, 5) is 23.9. The molecule has 4 nitrogen and oxygen atoms in total. The van der Waals surface area contributed by atoms with E-state index in [4.69, 9.17) is 5.73 Å². The van der Waals surface area contributed by atoms with Crippen molar-refractivity contribution in [2.75, 3.05) is 0 Å². The van der Waals surface area contributed by atoms with Crippen molar-refractivity contribution in [2.24, 2.45) is 5.73 Å². The Balaban J connectivity index is 2.11. The fourth-order valence-corrected chi connectivity index (χ4v) is 1.89. The van der Waals surface area contributed by atoms with Crippen molar-refractivity contribution in [1.29, 1.82) is 0 Å². The van der Waals surface area contributed by atoms with Crippen LogP contribution in [0.25, 0.3) is 0 Å². The lowest BCUT2D eigenvalue weighted by Crippen LogP contribution is -2.41. The molecule has 20 heavy (non-hydrogen) atoms. The third kappa shape index (κ3) is 3.28. The van der Waals surface area contributed by atoms with Gasteiger partial charge in [-0.2, -0.15) is 13.2 Å². The van der Waals surface area contributed by atoms with Gasteiger partial charge < -0.3 is 10.6 Å². The standard InChI is InChI=1S/C13H13F3N2O2/c14-13(15,16)9-3-1-8(2-4-9)7-18(10-5-6-10)12(20)11(17)19/h1-4,10H,5-7H2,(H2,17,19). The SMILES string of the molecule is NC(=O)C(=O)N(Cc1ccc(C(F)(F)F)cc1)C1CC1. The summed E-state index contributed by atoms with van der Waals surface area (Å²) in [5.41, 5.74) is 4.74. The number of halogens is 3. The van der Waals surface area contributed by atoms with Gasteiger partial charge in [0.1, 0.15) is 0 Å². The molecule has 1 aromatic rings. The van der Waals surface area contributed by atoms with E-state index in [0.29, 0.717) is 5.56 Å². The third-order valence-corrected chi connectivity index (χ3v) is 3.09. The first kappa shape index (κ1) is 14.4. The average molecular weight is 286 g/mol. The normalized spacial score (nSPS) is 14.9. The van der Waals surface area contributed by atoms with Crippen LogP contribution in [0.4, 0.5) is 13.2 Å². The van der Waals surface area contributed by atoms with Gasteiger partial charge in [0, 0.05) is 12.6 Å². The van der Waals surface area contributed by atoms with Gasteiger partial charge >= 0.3 is 18.0 Å². The molecule has 2 rings (SSSR count). The zero-order chi connectivity index (χ0) is 14.9. The lowest BCUT2D eigenvalue weighted by molar-refractivity contribution is -0.145. The second kappa shape index (κ2) is 5.15. The number of hydrogen-bond donors (Lipinski definition) is 1. The van der Waals surface area contributed by atoms with Gasteiger partial charge in [0.05, 0.1) is 5.56 Å². The van der Waals surface area contributed by atoms with E-state index in [1.54, 1.807) is 0 Å². The maximum Gasteiger partial charge on any atom is 0.416 e. The molecule has 7 heteroatoms. The maximum absolute atomic E-state index is 12.4. The summed E-state index contributed by atoms with van der Waals surface area (Å²) in [7, 11) is 0. The van der Waals surface area contributed by atoms with E-state index in [2.05, 4.69) is 0 Å². The predicted octanol–water partition coefficient (Wildman–Crippen LogP) is 1.68. The van der Waals surface area contributed by atoms with E-state index in [-0.39, 0.29) is 12.6 Å². The molecule has 0 aliphatic heterocycles. The highest BCUT2D eigenvalue weighted by Crippen LogP contribution is 2.31. The maximum atomic E-state index is 12.4. The first-order valence-electron chi connectivity index (χ1n) is 6.05. The Morgan fingerprint density at radius 3 is 2.15 bits per heavy atom. The molecule has 0 spiro atoms. The van der Waals surface area contributed by atoms with Crippen LogP contribution in [0.3, 0.4) is 0 Å². The number of hydrogen-bond acceptors (Lipinski definition) is 2. The molecule has 108 valence electrons. The summed E-state index contributed by atoms with van der Waals surface area (Å²) >= 11 is 0. The van der Waals surface area contributed by atoms with Crippen LogP contribution in [0.5, 0.6) is 0 Å². The third-order valence-electron chi connectivity index (χ3n) is 3.09. The molecule has 0 saturated heterocycles. The molecule has 0 atom stereocenters. The van der Waals surface area contributed by atoms with Gasteiger partial charge in [0.25, 0.3) is 0 Å². The van der Waals surface area contributed by atoms with Crippen molar-refractivity contribution >= 4 is 11.8 Å². The molecule has 0 unspecified atom stereocenters. The zero-order valence-corrected chi connectivity index (χ0v) is 10.5. The Hall–Kier alpha value is -2.05. The van der Waals surface area contributed by atoms with Crippen LogP contribution < -0.4 is 5.73 Å². The lowest BCUT2D eigenvalue weighted by Gasteiger charge is -2.21. The summed E-state index contributed by atoms with van der Waals surface area (Å²) in [6.07, 6.45) is -2.84. The smallest absolute Gasteiger partial charge is 0.361 e. The minimum absolute atomic E-state index is 0.0442. The Morgan fingerprint density at radius 2 is 1.75 bits per heavy atom. The number of rotatable bonds is 3. The van der Waals surface area contributed by atoms with E-state index in [0.717, 1.165) is 25.0 Å². The summed E-state index contributed by atoms with van der Waals surface area (Å²) in [6.45, 7) is 0.0879. The van der Waals surface area contributed by atoms with E-state index < -0.39 is 23.6 Å². The lowest BCUT2D eigenvalue weighted by atomic mass is 10.1. The Bertz CT molecular complexity index is 521. The van der Waals surface area contributed by atoms with E-state index in [9.17, 15) is 22.8 Å². The van der Waals surface area contributed by atoms with Gasteiger partial charge in [0.2, 0.25) is 0 Å². The van der Waals surface area contributed by atoms with Crippen LogP contribution >= 0.6 is 0 Å². The van der Waals surface area contributed by atoms with Gasteiger partial charge in [-0.05, 0) is 30.5 Å². The quantitative estimate of drug-likeness (QED) is 0.859. The largest absolute Gasteiger partial charge is 0.416 e. The van der Waals surface area contributed by atoms with Gasteiger partial charge in [-0.25, -0.2) is 0 Å². The Labute approximate surface area is 113 Å². The van der Waals surface area contributed by atoms with Crippen LogP contribution in [0.2, 0.25) is 0 Å². The van der Waals surface area contributed by atoms with Crippen molar-refractivity contribution in [1.82, 2.24) is 4.90 Å². The number of nitrogens with two attached hydrogens (primary N) is 1. The highest BCUT2D eigenvalue weighted by atomic mass is 19.4. The van der Waals surface area contributed by atoms with Crippen LogP contribution in [-0.2, 0) is 22.3 Å². The highest BCUT2D eigenvalue weighted by molar-refractivity contribution is 6.34. The summed E-state index contributed by atoms with van der Waals surface area (Å²) in [6, 6.07) is 4.46. The van der Waals surface area contributed by atoms with Crippen LogP contribution in [0.15, 0.2) is 24.3 Å². The molecule has 0 heterocycles. The highest BCUT2D eigenvalue weighted by Gasteiger charge is 2.35. The molecule has 1 aliphatic rings. The molecule has 1 aliphatic carbocycles. The number of primary amides is 1. The average Bonchev–Trinajstić information content (AvgIpc) is 3.18. The predicted molar refractivity (Wildman–Crippen MR) is 64.2 cm³/mol. The van der Waals surface area contributed by atoms with Gasteiger partial charge in [-0.1, -0.05) is 12.1 Å². The van der Waals surface area contributed by atoms with E-state index in [1.807, 2.05) is 0 Å². The fraction of sp³-hybridized carbons (Fsp3) is 0.385. The van der Waals surface area contributed by atoms with E-state index >= 15 is 0 Å². The summed E-state index contributed by atoms with van der Waals surface area (Å²) in [5.74, 6) is -1.85. The van der Waals surface area contributed by atoms with Gasteiger partial charge in [0.15, 0.2) is 0 Å². The molecule has 1 saturated carbocycles. The second-order valence-corrected chi connectivity index (χ2v) is 4.72. The topological polar surface area (TPSA) is 63.4 Å². The number of carbonyl (C=O) groups is 2. The number of alkyl halides is 3. The summed E-state index contributed by atoms with van der Waals surface area (Å²) in [5, 5.41) is 0. The minimum Gasteiger partial charge on any atom is -0.361 e. The number of amides is 2. The molecular weight excluding hydrogens is 273 g/mol. The van der Waals surface area contributed by atoms with Crippen molar-refractivity contribution in [2.45, 2.75) is 31.6 Å². The fourth-order valence-electron chi connectivity index (χ4n) is 1.89. The van der Waals surface area contributed by atoms with E-state index in [1.165, 1.54) is 17.0 Å². The Kier molecular flexibility index (Phi) is 3.69. The van der Waals surface area contributed by atoms with Gasteiger partial charge in [-0.3, -0.25) is 9.59 Å². The molecular formula is C13H13F3N2O2. The summed E-state index contributed by atoms with van der Waals surface area (Å²) < 4.78 is 37.3. The molecule has 1 aromatic carbocycles. The van der Waals surface area contributed by atoms with Gasteiger partial charge in [-0.15, -0.1) is 0 Å². The Morgan fingerprint density at radius 1 is 1.20 bits per heavy atom. The number of carbonyl (C=O) groups excluding carboxylic acids is 2. The van der Waals surface area contributed by atoms with Crippen molar-refractivity contribution < 1.29 is 22.8 Å². The molecule has 2 amide bonds. The first-order valence-corrected chi connectivity index (χ1v) is 6.05. The van der Waals surface area contributed by atoms with Crippen LogP contribution in [-0.4, -0.2) is 22.8 Å². The van der Waals surface area contributed by atoms with Crippen LogP contribution in [0.1, 0.15) is 24.0 Å².